The van der Waals surface area contributed by atoms with Gasteiger partial charge in [0.05, 0.1) is 16.4 Å². The maximum absolute atomic E-state index is 13.0. The van der Waals surface area contributed by atoms with E-state index in [0.717, 1.165) is 16.3 Å². The van der Waals surface area contributed by atoms with Gasteiger partial charge in [-0.25, -0.2) is 9.37 Å². The van der Waals surface area contributed by atoms with Crippen LogP contribution in [0.4, 0.5) is 10.2 Å². The van der Waals surface area contributed by atoms with E-state index in [0.29, 0.717) is 22.8 Å². The average molecular weight is 344 g/mol. The van der Waals surface area contributed by atoms with Crippen LogP contribution in [-0.2, 0) is 13.5 Å². The standard InChI is InChI=1S/C17H17FN4OS/c1-10-8-14(22(3)21-10)20-17(23)16-11(2)19-15(24-16)9-12-4-6-13(18)7-5-12/h4-8H,9H2,1-3H3,(H,20,23). The number of hydrogen-bond donors (Lipinski definition) is 1. The number of carbonyl (C=O) groups is 1. The molecule has 3 rings (SSSR count). The number of benzene rings is 1. The van der Waals surface area contributed by atoms with Crippen molar-refractivity contribution in [3.05, 3.63) is 63.0 Å². The number of anilines is 1. The molecule has 2 aromatic heterocycles. The summed E-state index contributed by atoms with van der Waals surface area (Å²) in [7, 11) is 1.78. The number of carbonyl (C=O) groups excluding carboxylic acids is 1. The van der Waals surface area contributed by atoms with Gasteiger partial charge in [0.25, 0.3) is 5.91 Å². The highest BCUT2D eigenvalue weighted by atomic mass is 32.1. The number of amides is 1. The van der Waals surface area contributed by atoms with Crippen LogP contribution in [0, 0.1) is 19.7 Å². The number of hydrogen-bond acceptors (Lipinski definition) is 4. The van der Waals surface area contributed by atoms with Gasteiger partial charge >= 0.3 is 0 Å². The molecule has 0 aliphatic rings. The van der Waals surface area contributed by atoms with E-state index in [1.807, 2.05) is 19.9 Å². The Bertz CT molecular complexity index is 883. The largest absolute Gasteiger partial charge is 0.306 e. The van der Waals surface area contributed by atoms with Crippen molar-refractivity contribution in [1.82, 2.24) is 14.8 Å². The highest BCUT2D eigenvalue weighted by Gasteiger charge is 2.17. The molecule has 0 bridgehead atoms. The van der Waals surface area contributed by atoms with Crippen LogP contribution < -0.4 is 5.32 Å². The first kappa shape index (κ1) is 16.3. The molecule has 3 aromatic rings. The first-order valence-corrected chi connectivity index (χ1v) is 8.27. The molecule has 7 heteroatoms. The predicted molar refractivity (Wildman–Crippen MR) is 92.0 cm³/mol. The number of aryl methyl sites for hydroxylation is 3. The quantitative estimate of drug-likeness (QED) is 0.788. The van der Waals surface area contributed by atoms with E-state index in [9.17, 15) is 9.18 Å². The number of aromatic nitrogens is 3. The maximum atomic E-state index is 13.0. The van der Waals surface area contributed by atoms with Gasteiger partial charge in [0.15, 0.2) is 0 Å². The lowest BCUT2D eigenvalue weighted by Gasteiger charge is -2.03. The third kappa shape index (κ3) is 3.51. The topological polar surface area (TPSA) is 59.8 Å². The fourth-order valence-electron chi connectivity index (χ4n) is 2.42. The van der Waals surface area contributed by atoms with Gasteiger partial charge in [0.2, 0.25) is 0 Å². The van der Waals surface area contributed by atoms with Crippen molar-refractivity contribution in [3.8, 4) is 0 Å². The van der Waals surface area contributed by atoms with Gasteiger partial charge in [-0.2, -0.15) is 5.10 Å². The Morgan fingerprint density at radius 3 is 2.62 bits per heavy atom. The smallest absolute Gasteiger partial charge is 0.268 e. The minimum absolute atomic E-state index is 0.196. The van der Waals surface area contributed by atoms with Crippen molar-refractivity contribution in [2.45, 2.75) is 20.3 Å². The second kappa shape index (κ2) is 6.52. The Morgan fingerprint density at radius 2 is 2.00 bits per heavy atom. The minimum atomic E-state index is -0.263. The van der Waals surface area contributed by atoms with Gasteiger partial charge < -0.3 is 5.32 Å². The Kier molecular flexibility index (Phi) is 4.44. The van der Waals surface area contributed by atoms with E-state index in [4.69, 9.17) is 0 Å². The lowest BCUT2D eigenvalue weighted by Crippen LogP contribution is -2.14. The second-order valence-corrected chi connectivity index (χ2v) is 6.66. The molecule has 0 saturated carbocycles. The molecule has 0 fully saturated rings. The van der Waals surface area contributed by atoms with Crippen LogP contribution in [0.25, 0.3) is 0 Å². The molecule has 0 spiro atoms. The predicted octanol–water partition coefficient (Wildman–Crippen LogP) is 3.48. The SMILES string of the molecule is Cc1cc(NC(=O)c2sc(Cc3ccc(F)cc3)nc2C)n(C)n1. The molecule has 0 atom stereocenters. The van der Waals surface area contributed by atoms with Crippen LogP contribution >= 0.6 is 11.3 Å². The molecule has 0 aliphatic carbocycles. The number of rotatable bonds is 4. The number of halogens is 1. The molecule has 1 aromatic carbocycles. The van der Waals surface area contributed by atoms with Crippen LogP contribution in [0.15, 0.2) is 30.3 Å². The molecule has 24 heavy (non-hydrogen) atoms. The Balaban J connectivity index is 1.76. The summed E-state index contributed by atoms with van der Waals surface area (Å²) in [5.74, 6) is 0.185. The summed E-state index contributed by atoms with van der Waals surface area (Å²) in [5.41, 5.74) is 2.48. The van der Waals surface area contributed by atoms with Gasteiger partial charge in [-0.15, -0.1) is 11.3 Å². The summed E-state index contributed by atoms with van der Waals surface area (Å²) >= 11 is 1.35. The zero-order valence-electron chi connectivity index (χ0n) is 13.6. The third-order valence-electron chi connectivity index (χ3n) is 3.56. The monoisotopic (exact) mass is 344 g/mol. The average Bonchev–Trinajstić information content (AvgIpc) is 3.04. The van der Waals surface area contributed by atoms with Gasteiger partial charge in [-0.1, -0.05) is 12.1 Å². The molecule has 1 amide bonds. The molecule has 2 heterocycles. The van der Waals surface area contributed by atoms with Crippen molar-refractivity contribution in [2.24, 2.45) is 7.05 Å². The molecular formula is C17H17FN4OS. The second-order valence-electron chi connectivity index (χ2n) is 5.57. The van der Waals surface area contributed by atoms with Crippen LogP contribution in [0.1, 0.15) is 31.6 Å². The van der Waals surface area contributed by atoms with Gasteiger partial charge in [0, 0.05) is 19.5 Å². The van der Waals surface area contributed by atoms with E-state index < -0.39 is 0 Å². The highest BCUT2D eigenvalue weighted by molar-refractivity contribution is 7.14. The van der Waals surface area contributed by atoms with Crippen LogP contribution in [-0.4, -0.2) is 20.7 Å². The normalized spacial score (nSPS) is 10.8. The van der Waals surface area contributed by atoms with Crippen molar-refractivity contribution in [2.75, 3.05) is 5.32 Å². The summed E-state index contributed by atoms with van der Waals surface area (Å²) in [5, 5.41) is 7.89. The van der Waals surface area contributed by atoms with Crippen molar-refractivity contribution in [1.29, 1.82) is 0 Å². The fourth-order valence-corrected chi connectivity index (χ4v) is 3.41. The van der Waals surface area contributed by atoms with E-state index in [2.05, 4.69) is 15.4 Å². The van der Waals surface area contributed by atoms with Crippen LogP contribution in [0.3, 0.4) is 0 Å². The zero-order chi connectivity index (χ0) is 17.3. The zero-order valence-corrected chi connectivity index (χ0v) is 14.4. The van der Waals surface area contributed by atoms with Crippen molar-refractivity contribution < 1.29 is 9.18 Å². The molecule has 1 N–H and O–H groups in total. The number of nitrogens with zero attached hydrogens (tertiary/aromatic N) is 3. The van der Waals surface area contributed by atoms with E-state index in [1.54, 1.807) is 23.9 Å². The van der Waals surface area contributed by atoms with Gasteiger partial charge in [-0.05, 0) is 31.5 Å². The Morgan fingerprint density at radius 1 is 1.29 bits per heavy atom. The van der Waals surface area contributed by atoms with Gasteiger partial charge in [-0.3, -0.25) is 9.48 Å². The first-order valence-electron chi connectivity index (χ1n) is 7.45. The first-order chi connectivity index (χ1) is 11.4. The summed E-state index contributed by atoms with van der Waals surface area (Å²) in [6.45, 7) is 3.68. The number of nitrogens with one attached hydrogen (secondary N) is 1. The molecular weight excluding hydrogens is 327 g/mol. The molecule has 0 saturated heterocycles. The molecule has 5 nitrogen and oxygen atoms in total. The molecule has 124 valence electrons. The van der Waals surface area contributed by atoms with E-state index in [-0.39, 0.29) is 11.7 Å². The lowest BCUT2D eigenvalue weighted by molar-refractivity contribution is 0.102. The van der Waals surface area contributed by atoms with Crippen molar-refractivity contribution in [3.63, 3.8) is 0 Å². The Hall–Kier alpha value is -2.54. The number of thiazole rings is 1. The molecule has 0 unspecified atom stereocenters. The summed E-state index contributed by atoms with van der Waals surface area (Å²) in [6, 6.07) is 8.12. The molecule has 0 aliphatic heterocycles. The van der Waals surface area contributed by atoms with E-state index in [1.165, 1.54) is 23.5 Å². The van der Waals surface area contributed by atoms with Crippen LogP contribution in [0.5, 0.6) is 0 Å². The Labute approximate surface area is 143 Å². The van der Waals surface area contributed by atoms with E-state index >= 15 is 0 Å². The minimum Gasteiger partial charge on any atom is -0.306 e. The fraction of sp³-hybridized carbons (Fsp3) is 0.235. The van der Waals surface area contributed by atoms with Crippen molar-refractivity contribution >= 4 is 23.1 Å². The summed E-state index contributed by atoms with van der Waals surface area (Å²) < 4.78 is 14.6. The maximum Gasteiger partial charge on any atom is 0.268 e. The third-order valence-corrected chi connectivity index (χ3v) is 4.72. The van der Waals surface area contributed by atoms with Crippen LogP contribution in [0.2, 0.25) is 0 Å². The summed E-state index contributed by atoms with van der Waals surface area (Å²) in [6.07, 6.45) is 0.573. The van der Waals surface area contributed by atoms with Gasteiger partial charge in [0.1, 0.15) is 16.5 Å². The highest BCUT2D eigenvalue weighted by Crippen LogP contribution is 2.22. The molecule has 0 radical (unpaired) electrons. The lowest BCUT2D eigenvalue weighted by atomic mass is 10.1. The summed E-state index contributed by atoms with van der Waals surface area (Å²) in [4.78, 5) is 17.5.